The van der Waals surface area contributed by atoms with Gasteiger partial charge in [-0.3, -0.25) is 14.7 Å². The molecule has 2 aromatic rings. The Bertz CT molecular complexity index is 950. The molecule has 1 aromatic heterocycles. The molecule has 0 spiro atoms. The molecular weight excluding hydrogens is 390 g/mol. The number of rotatable bonds is 7. The number of nitrogens with one attached hydrogen (secondary N) is 1. The number of pyridine rings is 1. The Morgan fingerprint density at radius 1 is 1.19 bits per heavy atom. The van der Waals surface area contributed by atoms with E-state index in [4.69, 9.17) is 4.74 Å². The third-order valence-corrected chi connectivity index (χ3v) is 6.32. The fraction of sp³-hybridized carbons (Fsp3) is 0.360. The minimum absolute atomic E-state index is 0.508. The molecule has 1 saturated heterocycles. The van der Waals surface area contributed by atoms with Crippen LogP contribution in [0.4, 0.5) is 0 Å². The van der Waals surface area contributed by atoms with Crippen LogP contribution in [0.5, 0.6) is 0 Å². The van der Waals surface area contributed by atoms with Gasteiger partial charge in [0.2, 0.25) is 0 Å². The first-order valence-corrected chi connectivity index (χ1v) is 10.8. The normalized spacial score (nSPS) is 23.1. The van der Waals surface area contributed by atoms with Crippen molar-refractivity contribution >= 4 is 5.97 Å². The molecule has 4 rings (SSSR count). The quantitative estimate of drug-likeness (QED) is 0.713. The first-order chi connectivity index (χ1) is 15.1. The maximum atomic E-state index is 12.4. The Kier molecular flexibility index (Phi) is 6.20. The van der Waals surface area contributed by atoms with E-state index in [2.05, 4.69) is 27.3 Å². The lowest BCUT2D eigenvalue weighted by Gasteiger charge is -2.42. The van der Waals surface area contributed by atoms with Gasteiger partial charge in [-0.05, 0) is 56.1 Å². The molecule has 3 heterocycles. The molecule has 0 bridgehead atoms. The van der Waals surface area contributed by atoms with Gasteiger partial charge in [-0.25, -0.2) is 0 Å². The average molecular weight is 420 g/mol. The van der Waals surface area contributed by atoms with Crippen molar-refractivity contribution in [2.24, 2.45) is 5.41 Å². The lowest BCUT2D eigenvalue weighted by molar-refractivity contribution is -0.149. The van der Waals surface area contributed by atoms with E-state index in [1.54, 1.807) is 12.4 Å². The maximum absolute atomic E-state index is 12.4. The van der Waals surface area contributed by atoms with Gasteiger partial charge >= 0.3 is 5.97 Å². The number of nitrogens with zero attached hydrogens (tertiary/aromatic N) is 2. The second-order valence-corrected chi connectivity index (χ2v) is 8.14. The molecule has 1 fully saturated rings. The first-order valence-electron chi connectivity index (χ1n) is 10.8. The summed E-state index contributed by atoms with van der Waals surface area (Å²) in [5.74, 6) is -0.769. The van der Waals surface area contributed by atoms with Crippen LogP contribution < -0.4 is 5.32 Å². The van der Waals surface area contributed by atoms with Crippen LogP contribution in [0.1, 0.15) is 30.9 Å². The summed E-state index contributed by atoms with van der Waals surface area (Å²) in [4.78, 5) is 19.0. The lowest BCUT2D eigenvalue weighted by Crippen LogP contribution is -2.48. The number of hydrogen-bond donors (Lipinski definition) is 2. The molecule has 2 aliphatic rings. The standard InChI is InChI=1S/C25H29N3O3/c1-2-31-25(22-9-6-14-26-17-22)11-10-21(18-27-25)24(23(29)30)12-15-28(16-13-24)19-20-7-4-3-5-8-20/h3-11,14,17-18,27H,2,12-13,15-16,19H2,1H3,(H,29,30). The van der Waals surface area contributed by atoms with Crippen molar-refractivity contribution in [1.29, 1.82) is 0 Å². The van der Waals surface area contributed by atoms with E-state index in [1.165, 1.54) is 5.56 Å². The van der Waals surface area contributed by atoms with Gasteiger partial charge in [-0.1, -0.05) is 42.5 Å². The van der Waals surface area contributed by atoms with Crippen molar-refractivity contribution < 1.29 is 14.6 Å². The van der Waals surface area contributed by atoms with Gasteiger partial charge in [0.1, 0.15) is 0 Å². The second-order valence-electron chi connectivity index (χ2n) is 8.14. The van der Waals surface area contributed by atoms with E-state index in [0.717, 1.165) is 30.8 Å². The minimum Gasteiger partial charge on any atom is -0.481 e. The maximum Gasteiger partial charge on any atom is 0.314 e. The molecule has 162 valence electrons. The Morgan fingerprint density at radius 2 is 1.97 bits per heavy atom. The summed E-state index contributed by atoms with van der Waals surface area (Å²) in [6.45, 7) is 4.78. The van der Waals surface area contributed by atoms with Crippen LogP contribution in [0.3, 0.4) is 0 Å². The monoisotopic (exact) mass is 419 g/mol. The number of aromatic nitrogens is 1. The van der Waals surface area contributed by atoms with Gasteiger partial charge in [-0.15, -0.1) is 0 Å². The van der Waals surface area contributed by atoms with Crippen molar-refractivity contribution in [3.8, 4) is 0 Å². The molecule has 2 N–H and O–H groups in total. The van der Waals surface area contributed by atoms with Crippen molar-refractivity contribution in [2.75, 3.05) is 19.7 Å². The summed E-state index contributed by atoms with van der Waals surface area (Å²) in [5, 5.41) is 13.5. The van der Waals surface area contributed by atoms with E-state index in [9.17, 15) is 9.90 Å². The highest BCUT2D eigenvalue weighted by molar-refractivity contribution is 5.80. The molecule has 1 aromatic carbocycles. The van der Waals surface area contributed by atoms with Gasteiger partial charge in [0, 0.05) is 37.3 Å². The topological polar surface area (TPSA) is 74.7 Å². The molecule has 1 unspecified atom stereocenters. The Labute approximate surface area is 183 Å². The van der Waals surface area contributed by atoms with Crippen molar-refractivity contribution in [2.45, 2.75) is 32.0 Å². The highest BCUT2D eigenvalue weighted by Crippen LogP contribution is 2.42. The van der Waals surface area contributed by atoms with Crippen molar-refractivity contribution in [3.05, 3.63) is 89.9 Å². The lowest BCUT2D eigenvalue weighted by atomic mass is 9.71. The molecule has 31 heavy (non-hydrogen) atoms. The number of carbonyl (C=O) groups is 1. The zero-order chi connectivity index (χ0) is 21.7. The zero-order valence-electron chi connectivity index (χ0n) is 17.8. The fourth-order valence-corrected chi connectivity index (χ4v) is 4.51. The highest BCUT2D eigenvalue weighted by atomic mass is 16.5. The molecule has 2 aliphatic heterocycles. The predicted octanol–water partition coefficient (Wildman–Crippen LogP) is 3.68. The van der Waals surface area contributed by atoms with Crippen LogP contribution in [0.2, 0.25) is 0 Å². The number of hydrogen-bond acceptors (Lipinski definition) is 5. The van der Waals surface area contributed by atoms with Gasteiger partial charge in [0.15, 0.2) is 5.72 Å². The number of carboxylic acids is 1. The fourth-order valence-electron chi connectivity index (χ4n) is 4.51. The highest BCUT2D eigenvalue weighted by Gasteiger charge is 2.45. The number of aliphatic carboxylic acids is 1. The molecule has 1 atom stereocenters. The number of dihydropyridines is 1. The van der Waals surface area contributed by atoms with Crippen LogP contribution in [0.15, 0.2) is 78.8 Å². The predicted molar refractivity (Wildman–Crippen MR) is 119 cm³/mol. The second kappa shape index (κ2) is 9.04. The van der Waals surface area contributed by atoms with E-state index in [-0.39, 0.29) is 0 Å². The van der Waals surface area contributed by atoms with Crippen LogP contribution in [-0.4, -0.2) is 40.7 Å². The molecule has 0 radical (unpaired) electrons. The number of piperidine rings is 1. The number of allylic oxidation sites excluding steroid dienone is 1. The van der Waals surface area contributed by atoms with Crippen LogP contribution in [0.25, 0.3) is 0 Å². The number of carboxylic acid groups (broad SMARTS) is 1. The first kappa shape index (κ1) is 21.3. The van der Waals surface area contributed by atoms with Gasteiger partial charge in [0.05, 0.1) is 5.41 Å². The summed E-state index contributed by atoms with van der Waals surface area (Å²) in [6, 6.07) is 14.1. The molecular formula is C25H29N3O3. The van der Waals surface area contributed by atoms with Gasteiger partial charge in [-0.2, -0.15) is 0 Å². The third-order valence-electron chi connectivity index (χ3n) is 6.32. The summed E-state index contributed by atoms with van der Waals surface area (Å²) in [6.07, 6.45) is 10.3. The number of ether oxygens (including phenoxy) is 1. The van der Waals surface area contributed by atoms with E-state index < -0.39 is 17.1 Å². The largest absolute Gasteiger partial charge is 0.481 e. The smallest absolute Gasteiger partial charge is 0.314 e. The Balaban J connectivity index is 1.51. The zero-order valence-corrected chi connectivity index (χ0v) is 17.8. The average Bonchev–Trinajstić information content (AvgIpc) is 2.81. The summed E-state index contributed by atoms with van der Waals surface area (Å²) < 4.78 is 6.03. The molecule has 0 amide bonds. The van der Waals surface area contributed by atoms with Gasteiger partial charge < -0.3 is 15.2 Å². The van der Waals surface area contributed by atoms with Crippen molar-refractivity contribution in [3.63, 3.8) is 0 Å². The van der Waals surface area contributed by atoms with Crippen LogP contribution >= 0.6 is 0 Å². The molecule has 6 nitrogen and oxygen atoms in total. The van der Waals surface area contributed by atoms with Gasteiger partial charge in [0.25, 0.3) is 0 Å². The van der Waals surface area contributed by atoms with E-state index in [1.807, 2.05) is 55.6 Å². The molecule has 0 aliphatic carbocycles. The van der Waals surface area contributed by atoms with Crippen molar-refractivity contribution in [1.82, 2.24) is 15.2 Å². The van der Waals surface area contributed by atoms with E-state index >= 15 is 0 Å². The minimum atomic E-state index is -0.899. The van der Waals surface area contributed by atoms with Crippen LogP contribution in [-0.2, 0) is 21.8 Å². The summed E-state index contributed by atoms with van der Waals surface area (Å²) in [5.41, 5.74) is 1.19. The third kappa shape index (κ3) is 4.27. The Morgan fingerprint density at radius 3 is 2.55 bits per heavy atom. The summed E-state index contributed by atoms with van der Waals surface area (Å²) in [7, 11) is 0. The number of likely N-dealkylation sites (tertiary alicyclic amines) is 1. The number of benzene rings is 1. The molecule has 6 heteroatoms. The Hall–Kier alpha value is -2.96. The summed E-state index contributed by atoms with van der Waals surface area (Å²) >= 11 is 0. The van der Waals surface area contributed by atoms with Crippen LogP contribution in [0, 0.1) is 5.41 Å². The molecule has 0 saturated carbocycles. The van der Waals surface area contributed by atoms with E-state index in [0.29, 0.717) is 19.4 Å². The SMILES string of the molecule is CCOC1(c2cccnc2)C=CC(C2(C(=O)O)CCN(Cc3ccccc3)CC2)=CN1.